The van der Waals surface area contributed by atoms with E-state index < -0.39 is 6.10 Å². The lowest BCUT2D eigenvalue weighted by Gasteiger charge is -2.18. The lowest BCUT2D eigenvalue weighted by Crippen LogP contribution is -2.30. The third-order valence-electron chi connectivity index (χ3n) is 12.1. The second-order valence-corrected chi connectivity index (χ2v) is 18.5. The van der Waals surface area contributed by atoms with E-state index in [4.69, 9.17) is 14.2 Å². The number of allylic oxidation sites excluding steroid dienone is 8. The van der Waals surface area contributed by atoms with Crippen LogP contribution in [0.3, 0.4) is 0 Å². The molecule has 0 aromatic rings. The van der Waals surface area contributed by atoms with Gasteiger partial charge < -0.3 is 14.2 Å². The number of carbonyl (C=O) groups excluding carboxylic acids is 3. The summed E-state index contributed by atoms with van der Waals surface area (Å²) in [7, 11) is 0. The summed E-state index contributed by atoms with van der Waals surface area (Å²) < 4.78 is 16.8. The van der Waals surface area contributed by atoms with E-state index in [0.29, 0.717) is 19.3 Å². The number of carbonyl (C=O) groups is 3. The summed E-state index contributed by atoms with van der Waals surface area (Å²) in [4.78, 5) is 38.1. The third kappa shape index (κ3) is 50.4. The Balaban J connectivity index is 4.36. The first-order chi connectivity index (χ1) is 31.5. The number of ether oxygens (including phenoxy) is 3. The fraction of sp³-hybridized carbons (Fsp3) is 0.810. The smallest absolute Gasteiger partial charge is 0.306 e. The first kappa shape index (κ1) is 61.4. The Morgan fingerprint density at radius 1 is 0.328 bits per heavy atom. The summed E-state index contributed by atoms with van der Waals surface area (Å²) in [5.74, 6) is -0.898. The molecule has 0 amide bonds. The molecule has 6 heteroatoms. The van der Waals surface area contributed by atoms with E-state index in [1.54, 1.807) is 0 Å². The molecule has 1 unspecified atom stereocenters. The van der Waals surface area contributed by atoms with Gasteiger partial charge in [0.2, 0.25) is 0 Å². The fourth-order valence-electron chi connectivity index (χ4n) is 7.97. The summed E-state index contributed by atoms with van der Waals surface area (Å²) in [6.07, 6.45) is 63.8. The first-order valence-electron chi connectivity index (χ1n) is 27.7. The first-order valence-corrected chi connectivity index (χ1v) is 27.7. The molecule has 0 N–H and O–H groups in total. The molecular weight excluding hydrogens is 793 g/mol. The number of esters is 3. The molecule has 0 aromatic carbocycles. The SMILES string of the molecule is CC\C=C/C=C\C=C/CCCCCCCC(=O)OCC(COC(=O)CCCCCCC/C=C\CCCCCCCCCCC)OC(=O)CCCCCCCCCCCCCCCCC. The maximum atomic E-state index is 12.8. The van der Waals surface area contributed by atoms with Crippen LogP contribution in [0.5, 0.6) is 0 Å². The molecule has 64 heavy (non-hydrogen) atoms. The molecule has 372 valence electrons. The molecule has 6 nitrogen and oxygen atoms in total. The van der Waals surface area contributed by atoms with Crippen molar-refractivity contribution in [3.05, 3.63) is 48.6 Å². The minimum atomic E-state index is -0.782. The largest absolute Gasteiger partial charge is 0.462 e. The highest BCUT2D eigenvalue weighted by atomic mass is 16.6. The molecule has 0 aliphatic carbocycles. The Hall–Kier alpha value is -2.63. The van der Waals surface area contributed by atoms with Gasteiger partial charge in [-0.25, -0.2) is 0 Å². The van der Waals surface area contributed by atoms with Crippen molar-refractivity contribution in [3.63, 3.8) is 0 Å². The van der Waals surface area contributed by atoms with E-state index in [1.165, 1.54) is 154 Å². The van der Waals surface area contributed by atoms with Gasteiger partial charge in [-0.2, -0.15) is 0 Å². The number of unbranched alkanes of at least 4 members (excludes halogenated alkanes) is 33. The zero-order valence-corrected chi connectivity index (χ0v) is 42.6. The van der Waals surface area contributed by atoms with Crippen LogP contribution in [0.4, 0.5) is 0 Å². The van der Waals surface area contributed by atoms with Crippen molar-refractivity contribution in [1.29, 1.82) is 0 Å². The highest BCUT2D eigenvalue weighted by molar-refractivity contribution is 5.71. The van der Waals surface area contributed by atoms with Crippen molar-refractivity contribution in [2.24, 2.45) is 0 Å². The molecule has 1 atom stereocenters. The van der Waals surface area contributed by atoms with Gasteiger partial charge in [0, 0.05) is 19.3 Å². The summed E-state index contributed by atoms with van der Waals surface area (Å²) in [5, 5.41) is 0. The highest BCUT2D eigenvalue weighted by Crippen LogP contribution is 2.16. The van der Waals surface area contributed by atoms with Gasteiger partial charge in [-0.3, -0.25) is 14.4 Å². The van der Waals surface area contributed by atoms with Gasteiger partial charge in [-0.1, -0.05) is 249 Å². The standard InChI is InChI=1S/C58H104O6/c1-4-7-10-13-16-19-22-25-27-28-29-31-33-36-39-42-45-48-51-57(60)63-54-55(53-62-56(59)50-47-44-41-38-35-32-24-21-18-15-12-9-6-3)64-58(61)52-49-46-43-40-37-34-30-26-23-20-17-14-11-8-5-2/h9,12,15,18,21,24,29,31,55H,4-8,10-11,13-14,16-17,19-20,22-23,25-28,30,32-54H2,1-3H3/b12-9-,18-15-,24-21-,31-29-. The van der Waals surface area contributed by atoms with Crippen LogP contribution in [0.2, 0.25) is 0 Å². The molecule has 0 saturated carbocycles. The Bertz CT molecular complexity index is 1120. The average Bonchev–Trinajstić information content (AvgIpc) is 3.29. The zero-order chi connectivity index (χ0) is 46.5. The van der Waals surface area contributed by atoms with Crippen LogP contribution in [-0.4, -0.2) is 37.2 Å². The minimum Gasteiger partial charge on any atom is -0.462 e. The predicted molar refractivity (Wildman–Crippen MR) is 275 cm³/mol. The van der Waals surface area contributed by atoms with Crippen LogP contribution in [0.15, 0.2) is 48.6 Å². The molecule has 0 bridgehead atoms. The van der Waals surface area contributed by atoms with E-state index in [2.05, 4.69) is 69.4 Å². The van der Waals surface area contributed by atoms with Gasteiger partial charge in [-0.15, -0.1) is 0 Å². The van der Waals surface area contributed by atoms with E-state index >= 15 is 0 Å². The molecule has 0 fully saturated rings. The normalized spacial score (nSPS) is 12.4. The summed E-state index contributed by atoms with van der Waals surface area (Å²) in [6, 6.07) is 0. The summed E-state index contributed by atoms with van der Waals surface area (Å²) in [5.41, 5.74) is 0. The quantitative estimate of drug-likeness (QED) is 0.0199. The van der Waals surface area contributed by atoms with Gasteiger partial charge in [0.05, 0.1) is 0 Å². The number of rotatable bonds is 50. The van der Waals surface area contributed by atoms with Gasteiger partial charge in [0.1, 0.15) is 13.2 Å². The molecular formula is C58H104O6. The molecule has 0 heterocycles. The van der Waals surface area contributed by atoms with Gasteiger partial charge in [-0.05, 0) is 64.2 Å². The van der Waals surface area contributed by atoms with Crippen LogP contribution >= 0.6 is 0 Å². The van der Waals surface area contributed by atoms with Gasteiger partial charge >= 0.3 is 17.9 Å². The van der Waals surface area contributed by atoms with Gasteiger partial charge in [0.15, 0.2) is 6.10 Å². The van der Waals surface area contributed by atoms with Crippen LogP contribution < -0.4 is 0 Å². The van der Waals surface area contributed by atoms with Crippen LogP contribution in [-0.2, 0) is 28.6 Å². The molecule has 0 radical (unpaired) electrons. The van der Waals surface area contributed by atoms with E-state index in [-0.39, 0.29) is 31.1 Å². The third-order valence-corrected chi connectivity index (χ3v) is 12.1. The maximum absolute atomic E-state index is 12.8. The minimum absolute atomic E-state index is 0.0816. The Morgan fingerprint density at radius 2 is 0.625 bits per heavy atom. The maximum Gasteiger partial charge on any atom is 0.306 e. The van der Waals surface area contributed by atoms with Crippen molar-refractivity contribution >= 4 is 17.9 Å². The fourth-order valence-corrected chi connectivity index (χ4v) is 7.97. The summed E-state index contributed by atoms with van der Waals surface area (Å²) >= 11 is 0. The second kappa shape index (κ2) is 53.0. The Morgan fingerprint density at radius 3 is 0.984 bits per heavy atom. The second-order valence-electron chi connectivity index (χ2n) is 18.5. The molecule has 0 aliphatic heterocycles. The molecule has 0 rings (SSSR count). The molecule has 0 spiro atoms. The monoisotopic (exact) mass is 897 g/mol. The number of hydrogen-bond donors (Lipinski definition) is 0. The van der Waals surface area contributed by atoms with E-state index in [0.717, 1.165) is 89.9 Å². The molecule has 0 aliphatic rings. The Kier molecular flexibility index (Phi) is 50.8. The topological polar surface area (TPSA) is 78.9 Å². The zero-order valence-electron chi connectivity index (χ0n) is 42.6. The Labute approximate surface area is 397 Å². The van der Waals surface area contributed by atoms with E-state index in [1.807, 2.05) is 0 Å². The molecule has 0 aromatic heterocycles. The van der Waals surface area contributed by atoms with Crippen LogP contribution in [0, 0.1) is 0 Å². The predicted octanol–water partition coefficient (Wildman–Crippen LogP) is 18.3. The highest BCUT2D eigenvalue weighted by Gasteiger charge is 2.19. The van der Waals surface area contributed by atoms with Crippen molar-refractivity contribution < 1.29 is 28.6 Å². The van der Waals surface area contributed by atoms with Crippen molar-refractivity contribution in [3.8, 4) is 0 Å². The van der Waals surface area contributed by atoms with Crippen LogP contribution in [0.1, 0.15) is 284 Å². The van der Waals surface area contributed by atoms with Crippen LogP contribution in [0.25, 0.3) is 0 Å². The van der Waals surface area contributed by atoms with Crippen molar-refractivity contribution in [2.45, 2.75) is 290 Å². The summed E-state index contributed by atoms with van der Waals surface area (Å²) in [6.45, 7) is 6.51. The van der Waals surface area contributed by atoms with E-state index in [9.17, 15) is 14.4 Å². The molecule has 0 saturated heterocycles. The lowest BCUT2D eigenvalue weighted by molar-refractivity contribution is -0.167. The van der Waals surface area contributed by atoms with Crippen molar-refractivity contribution in [1.82, 2.24) is 0 Å². The number of hydrogen-bond acceptors (Lipinski definition) is 6. The average molecular weight is 897 g/mol. The van der Waals surface area contributed by atoms with Crippen molar-refractivity contribution in [2.75, 3.05) is 13.2 Å². The lowest BCUT2D eigenvalue weighted by atomic mass is 10.0. The van der Waals surface area contributed by atoms with Gasteiger partial charge in [0.25, 0.3) is 0 Å².